The first kappa shape index (κ1) is 13.8. The van der Waals surface area contributed by atoms with E-state index >= 15 is 0 Å². The Morgan fingerprint density at radius 1 is 1.53 bits per heavy atom. The Balaban J connectivity index is 2.30. The summed E-state index contributed by atoms with van der Waals surface area (Å²) in [6, 6.07) is 4.24. The summed E-state index contributed by atoms with van der Waals surface area (Å²) in [4.78, 5) is 0. The lowest BCUT2D eigenvalue weighted by Gasteiger charge is -2.21. The summed E-state index contributed by atoms with van der Waals surface area (Å²) in [5.41, 5.74) is 7.11. The third-order valence-electron chi connectivity index (χ3n) is 3.54. The van der Waals surface area contributed by atoms with Gasteiger partial charge in [0.15, 0.2) is 0 Å². The van der Waals surface area contributed by atoms with Crippen molar-refractivity contribution in [2.75, 3.05) is 19.5 Å². The summed E-state index contributed by atoms with van der Waals surface area (Å²) >= 11 is 0. The van der Waals surface area contributed by atoms with Crippen molar-refractivity contribution in [1.29, 1.82) is 5.26 Å². The van der Waals surface area contributed by atoms with Gasteiger partial charge in [0.1, 0.15) is 17.9 Å². The molecule has 1 aromatic heterocycles. The summed E-state index contributed by atoms with van der Waals surface area (Å²) in [7, 11) is 1.64. The van der Waals surface area contributed by atoms with Gasteiger partial charge in [0.2, 0.25) is 5.88 Å². The average molecular weight is 263 g/mol. The van der Waals surface area contributed by atoms with Crippen LogP contribution in [0.2, 0.25) is 0 Å². The summed E-state index contributed by atoms with van der Waals surface area (Å²) in [5, 5.41) is 9.25. The Bertz CT molecular complexity index is 470. The molecule has 1 saturated carbocycles. The van der Waals surface area contributed by atoms with Gasteiger partial charge in [-0.15, -0.1) is 0 Å². The van der Waals surface area contributed by atoms with Crippen LogP contribution in [0.25, 0.3) is 0 Å². The van der Waals surface area contributed by atoms with E-state index in [0.29, 0.717) is 29.9 Å². The molecule has 1 fully saturated rings. The zero-order valence-electron chi connectivity index (χ0n) is 11.6. The monoisotopic (exact) mass is 263 g/mol. The standard InChI is InChI=1S/C14H21N3O2/c1-10(9-18-2)19-14-13(16)7-12(8-15)17(14)11-5-3-4-6-11/h7,10-11H,3-6,9,16H2,1-2H3/t10-/m0/s1. The molecular formula is C14H21N3O2. The normalized spacial score (nSPS) is 17.3. The van der Waals surface area contributed by atoms with Crippen LogP contribution in [0.4, 0.5) is 5.69 Å². The van der Waals surface area contributed by atoms with E-state index in [1.165, 1.54) is 12.8 Å². The van der Waals surface area contributed by atoms with Crippen molar-refractivity contribution < 1.29 is 9.47 Å². The zero-order chi connectivity index (χ0) is 13.8. The SMILES string of the molecule is COC[C@H](C)Oc1c(N)cc(C#N)n1C1CCCC1. The van der Waals surface area contributed by atoms with Gasteiger partial charge < -0.3 is 15.2 Å². The zero-order valence-corrected chi connectivity index (χ0v) is 11.6. The second kappa shape index (κ2) is 5.98. The van der Waals surface area contributed by atoms with Crippen molar-refractivity contribution in [3.05, 3.63) is 11.8 Å². The van der Waals surface area contributed by atoms with Crippen LogP contribution < -0.4 is 10.5 Å². The fourth-order valence-electron chi connectivity index (χ4n) is 2.72. The highest BCUT2D eigenvalue weighted by molar-refractivity contribution is 5.55. The van der Waals surface area contributed by atoms with Gasteiger partial charge in [0.25, 0.3) is 0 Å². The molecule has 5 heteroatoms. The molecule has 0 saturated heterocycles. The van der Waals surface area contributed by atoms with Crippen molar-refractivity contribution in [2.45, 2.75) is 44.8 Å². The molecule has 1 aromatic rings. The van der Waals surface area contributed by atoms with Gasteiger partial charge in [-0.25, -0.2) is 0 Å². The number of nitriles is 1. The quantitative estimate of drug-likeness (QED) is 0.885. The Morgan fingerprint density at radius 2 is 2.21 bits per heavy atom. The molecule has 0 bridgehead atoms. The van der Waals surface area contributed by atoms with Crippen molar-refractivity contribution in [3.8, 4) is 11.9 Å². The minimum Gasteiger partial charge on any atom is -0.472 e. The van der Waals surface area contributed by atoms with Crippen molar-refractivity contribution in [3.63, 3.8) is 0 Å². The van der Waals surface area contributed by atoms with E-state index in [1.54, 1.807) is 13.2 Å². The Kier molecular flexibility index (Phi) is 4.33. The maximum Gasteiger partial charge on any atom is 0.219 e. The Labute approximate surface area is 113 Å². The highest BCUT2D eigenvalue weighted by Crippen LogP contribution is 2.38. The van der Waals surface area contributed by atoms with Crippen LogP contribution in [0.15, 0.2) is 6.07 Å². The number of nitrogens with two attached hydrogens (primary N) is 1. The van der Waals surface area contributed by atoms with E-state index in [9.17, 15) is 5.26 Å². The van der Waals surface area contributed by atoms with Gasteiger partial charge in [-0.05, 0) is 19.8 Å². The Morgan fingerprint density at radius 3 is 2.79 bits per heavy atom. The third-order valence-corrected chi connectivity index (χ3v) is 3.54. The smallest absolute Gasteiger partial charge is 0.219 e. The maximum atomic E-state index is 9.25. The molecule has 104 valence electrons. The highest BCUT2D eigenvalue weighted by Gasteiger charge is 2.25. The van der Waals surface area contributed by atoms with E-state index in [2.05, 4.69) is 6.07 Å². The molecule has 2 rings (SSSR count). The van der Waals surface area contributed by atoms with Crippen LogP contribution in [-0.4, -0.2) is 24.4 Å². The van der Waals surface area contributed by atoms with Crippen LogP contribution >= 0.6 is 0 Å². The van der Waals surface area contributed by atoms with Crippen molar-refractivity contribution in [1.82, 2.24) is 4.57 Å². The van der Waals surface area contributed by atoms with Gasteiger partial charge in [-0.3, -0.25) is 4.57 Å². The fraction of sp³-hybridized carbons (Fsp3) is 0.643. The van der Waals surface area contributed by atoms with E-state index in [1.807, 2.05) is 11.5 Å². The summed E-state index contributed by atoms with van der Waals surface area (Å²) in [5.74, 6) is 0.619. The minimum atomic E-state index is -0.0890. The van der Waals surface area contributed by atoms with Crippen LogP contribution in [-0.2, 0) is 4.74 Å². The first-order valence-electron chi connectivity index (χ1n) is 6.73. The van der Waals surface area contributed by atoms with Gasteiger partial charge in [-0.2, -0.15) is 5.26 Å². The molecule has 0 spiro atoms. The molecule has 0 aliphatic heterocycles. The molecule has 0 radical (unpaired) electrons. The number of ether oxygens (including phenoxy) is 2. The number of anilines is 1. The molecular weight excluding hydrogens is 242 g/mol. The van der Waals surface area contributed by atoms with Crippen LogP contribution in [0.5, 0.6) is 5.88 Å². The largest absolute Gasteiger partial charge is 0.472 e. The predicted molar refractivity (Wildman–Crippen MR) is 73.0 cm³/mol. The van der Waals surface area contributed by atoms with Gasteiger partial charge in [0, 0.05) is 19.2 Å². The fourth-order valence-corrected chi connectivity index (χ4v) is 2.72. The molecule has 1 aliphatic rings. The number of nitrogen functional groups attached to an aromatic ring is 1. The number of aromatic nitrogens is 1. The lowest BCUT2D eigenvalue weighted by molar-refractivity contribution is 0.0853. The Hall–Kier alpha value is -1.67. The van der Waals surface area contributed by atoms with E-state index in [4.69, 9.17) is 15.2 Å². The first-order chi connectivity index (χ1) is 9.17. The number of rotatable bonds is 5. The third kappa shape index (κ3) is 2.85. The summed E-state index contributed by atoms with van der Waals surface area (Å²) in [6.07, 6.45) is 4.46. The number of hydrogen-bond donors (Lipinski definition) is 1. The van der Waals surface area contributed by atoms with E-state index < -0.39 is 0 Å². The summed E-state index contributed by atoms with van der Waals surface area (Å²) in [6.45, 7) is 2.43. The molecule has 0 unspecified atom stereocenters. The molecule has 1 heterocycles. The second-order valence-corrected chi connectivity index (χ2v) is 5.09. The first-order valence-corrected chi connectivity index (χ1v) is 6.73. The number of nitrogens with zero attached hydrogens (tertiary/aromatic N) is 2. The molecule has 19 heavy (non-hydrogen) atoms. The predicted octanol–water partition coefficient (Wildman–Crippen LogP) is 2.47. The molecule has 5 nitrogen and oxygen atoms in total. The molecule has 1 aliphatic carbocycles. The number of methoxy groups -OCH3 is 1. The van der Waals surface area contributed by atoms with Crippen LogP contribution in [0.3, 0.4) is 0 Å². The molecule has 0 amide bonds. The molecule has 0 aromatic carbocycles. The topological polar surface area (TPSA) is 73.2 Å². The van der Waals surface area contributed by atoms with Crippen LogP contribution in [0, 0.1) is 11.3 Å². The van der Waals surface area contributed by atoms with E-state index in [0.717, 1.165) is 12.8 Å². The lowest BCUT2D eigenvalue weighted by Crippen LogP contribution is -2.21. The van der Waals surface area contributed by atoms with Gasteiger partial charge in [-0.1, -0.05) is 12.8 Å². The second-order valence-electron chi connectivity index (χ2n) is 5.09. The number of hydrogen-bond acceptors (Lipinski definition) is 4. The van der Waals surface area contributed by atoms with Gasteiger partial charge >= 0.3 is 0 Å². The van der Waals surface area contributed by atoms with Crippen molar-refractivity contribution >= 4 is 5.69 Å². The minimum absolute atomic E-state index is 0.0890. The molecule has 1 atom stereocenters. The average Bonchev–Trinajstić information content (AvgIpc) is 2.98. The molecule has 2 N–H and O–H groups in total. The summed E-state index contributed by atoms with van der Waals surface area (Å²) < 4.78 is 12.9. The lowest BCUT2D eigenvalue weighted by atomic mass is 10.2. The van der Waals surface area contributed by atoms with Gasteiger partial charge in [0.05, 0.1) is 12.3 Å². The van der Waals surface area contributed by atoms with Crippen LogP contribution in [0.1, 0.15) is 44.3 Å². The van der Waals surface area contributed by atoms with Crippen molar-refractivity contribution in [2.24, 2.45) is 0 Å². The maximum absolute atomic E-state index is 9.25. The highest BCUT2D eigenvalue weighted by atomic mass is 16.5. The van der Waals surface area contributed by atoms with E-state index in [-0.39, 0.29) is 6.10 Å².